The van der Waals surface area contributed by atoms with Crippen LogP contribution in [0.3, 0.4) is 0 Å². The molecule has 0 saturated carbocycles. The molecule has 0 bridgehead atoms. The molecule has 0 unspecified atom stereocenters. The van der Waals surface area contributed by atoms with Crippen LogP contribution in [-0.4, -0.2) is 4.57 Å². The Balaban J connectivity index is 1.32. The third kappa shape index (κ3) is 5.46. The van der Waals surface area contributed by atoms with Crippen molar-refractivity contribution in [3.8, 4) is 5.69 Å². The van der Waals surface area contributed by atoms with E-state index in [2.05, 4.69) is 211 Å². The Morgan fingerprint density at radius 2 is 0.852 bits per heavy atom. The first-order valence-corrected chi connectivity index (χ1v) is 19.4. The third-order valence-electron chi connectivity index (χ3n) is 11.6. The van der Waals surface area contributed by atoms with Gasteiger partial charge in [0, 0.05) is 32.9 Å². The van der Waals surface area contributed by atoms with E-state index in [1.54, 1.807) is 0 Å². The second-order valence-corrected chi connectivity index (χ2v) is 18.4. The van der Waals surface area contributed by atoms with Crippen LogP contribution in [0.2, 0.25) is 0 Å². The van der Waals surface area contributed by atoms with E-state index in [0.29, 0.717) is 0 Å². The number of rotatable bonds is 4. The molecule has 0 fully saturated rings. The average Bonchev–Trinajstić information content (AvgIpc) is 3.47. The van der Waals surface area contributed by atoms with E-state index in [-0.39, 0.29) is 16.2 Å². The molecule has 0 aliphatic carbocycles. The summed E-state index contributed by atoms with van der Waals surface area (Å²) < 4.78 is 2.52. The number of fused-ring (bicyclic) bond motifs is 3. The summed E-state index contributed by atoms with van der Waals surface area (Å²) in [6.45, 7) is 20.7. The van der Waals surface area contributed by atoms with Gasteiger partial charge >= 0.3 is 0 Å². The summed E-state index contributed by atoms with van der Waals surface area (Å²) in [4.78, 5) is 2.42. The highest BCUT2D eigenvalue weighted by molar-refractivity contribution is 6.27. The summed E-state index contributed by atoms with van der Waals surface area (Å²) in [6.07, 6.45) is 0. The van der Waals surface area contributed by atoms with Gasteiger partial charge in [-0.1, -0.05) is 141 Å². The molecule has 54 heavy (non-hydrogen) atoms. The normalized spacial score (nSPS) is 12.9. The van der Waals surface area contributed by atoms with Gasteiger partial charge in [0.25, 0.3) is 0 Å². The molecule has 0 spiro atoms. The van der Waals surface area contributed by atoms with Gasteiger partial charge in [-0.2, -0.15) is 0 Å². The lowest BCUT2D eigenvalue weighted by molar-refractivity contribution is 0.590. The first kappa shape index (κ1) is 34.2. The summed E-state index contributed by atoms with van der Waals surface area (Å²) in [7, 11) is 0. The molecule has 9 rings (SSSR count). The van der Waals surface area contributed by atoms with Gasteiger partial charge in [0.2, 0.25) is 0 Å². The summed E-state index contributed by atoms with van der Waals surface area (Å²) in [5.41, 5.74) is 11.4. The number of anilines is 3. The topological polar surface area (TPSA) is 8.17 Å². The third-order valence-corrected chi connectivity index (χ3v) is 11.6. The number of benzene rings is 8. The van der Waals surface area contributed by atoms with E-state index in [1.807, 2.05) is 0 Å². The smallest absolute Gasteiger partial charge is 0.0541 e. The number of hydrogen-bond acceptors (Lipinski definition) is 1. The zero-order valence-corrected chi connectivity index (χ0v) is 33.2. The molecule has 1 heterocycles. The van der Waals surface area contributed by atoms with E-state index in [4.69, 9.17) is 0 Å². The van der Waals surface area contributed by atoms with Crippen molar-refractivity contribution in [2.75, 3.05) is 4.90 Å². The van der Waals surface area contributed by atoms with Crippen molar-refractivity contribution >= 4 is 71.2 Å². The summed E-state index contributed by atoms with van der Waals surface area (Å²) in [5, 5.41) is 10.3. The second kappa shape index (κ2) is 12.0. The zero-order chi connectivity index (χ0) is 37.7. The highest BCUT2D eigenvalue weighted by Crippen LogP contribution is 2.46. The van der Waals surface area contributed by atoms with E-state index < -0.39 is 0 Å². The van der Waals surface area contributed by atoms with Crippen LogP contribution in [0.25, 0.3) is 59.8 Å². The van der Waals surface area contributed by atoms with E-state index in [1.165, 1.54) is 82.2 Å². The predicted molar refractivity (Wildman–Crippen MR) is 235 cm³/mol. The van der Waals surface area contributed by atoms with Gasteiger partial charge in [-0.25, -0.2) is 0 Å². The Kier molecular flexibility index (Phi) is 7.57. The molecule has 0 amide bonds. The van der Waals surface area contributed by atoms with Crippen LogP contribution in [0.1, 0.15) is 79.0 Å². The molecule has 0 atom stereocenters. The molecular weight excluding hydrogens is 653 g/mol. The van der Waals surface area contributed by atoms with Crippen molar-refractivity contribution in [1.82, 2.24) is 4.57 Å². The average molecular weight is 703 g/mol. The maximum Gasteiger partial charge on any atom is 0.0541 e. The van der Waals surface area contributed by atoms with Gasteiger partial charge in [0.1, 0.15) is 0 Å². The van der Waals surface area contributed by atoms with E-state index in [0.717, 1.165) is 11.4 Å². The lowest BCUT2D eigenvalue weighted by Crippen LogP contribution is -2.13. The maximum atomic E-state index is 2.52. The van der Waals surface area contributed by atoms with Crippen LogP contribution in [0.4, 0.5) is 17.1 Å². The molecule has 0 N–H and O–H groups in total. The van der Waals surface area contributed by atoms with Crippen LogP contribution in [-0.2, 0) is 16.2 Å². The van der Waals surface area contributed by atoms with Crippen molar-refractivity contribution < 1.29 is 0 Å². The van der Waals surface area contributed by atoms with Crippen molar-refractivity contribution in [2.24, 2.45) is 0 Å². The van der Waals surface area contributed by atoms with Gasteiger partial charge in [-0.3, -0.25) is 0 Å². The lowest BCUT2D eigenvalue weighted by Gasteiger charge is -2.28. The van der Waals surface area contributed by atoms with Gasteiger partial charge in [-0.05, 0) is 115 Å². The Morgan fingerprint density at radius 1 is 0.389 bits per heavy atom. The first-order valence-electron chi connectivity index (χ1n) is 19.4. The quantitative estimate of drug-likeness (QED) is 0.166. The number of aromatic nitrogens is 1. The molecule has 2 heteroatoms. The highest BCUT2D eigenvalue weighted by Gasteiger charge is 2.24. The molecule has 9 aromatic rings. The molecule has 0 saturated heterocycles. The zero-order valence-electron chi connectivity index (χ0n) is 33.2. The van der Waals surface area contributed by atoms with Crippen LogP contribution in [0, 0.1) is 0 Å². The molecule has 8 aromatic carbocycles. The molecule has 1 aromatic heterocycles. The van der Waals surface area contributed by atoms with Gasteiger partial charge in [-0.15, -0.1) is 0 Å². The Labute approximate surface area is 320 Å². The fourth-order valence-corrected chi connectivity index (χ4v) is 8.49. The minimum Gasteiger partial charge on any atom is -0.310 e. The Hall–Kier alpha value is -5.60. The molecule has 268 valence electrons. The molecule has 0 radical (unpaired) electrons. The molecular formula is C52H50N2. The van der Waals surface area contributed by atoms with Crippen molar-refractivity contribution in [2.45, 2.75) is 78.6 Å². The predicted octanol–water partition coefficient (Wildman–Crippen LogP) is 15.0. The molecule has 0 aliphatic rings. The first-order chi connectivity index (χ1) is 25.7. The van der Waals surface area contributed by atoms with E-state index in [9.17, 15) is 0 Å². The molecule has 0 aliphatic heterocycles. The summed E-state index contributed by atoms with van der Waals surface area (Å²) >= 11 is 0. The van der Waals surface area contributed by atoms with Crippen LogP contribution >= 0.6 is 0 Å². The maximum absolute atomic E-state index is 2.52. The van der Waals surface area contributed by atoms with Crippen LogP contribution in [0.15, 0.2) is 140 Å². The fraction of sp³-hybridized carbons (Fsp3) is 0.231. The lowest BCUT2D eigenvalue weighted by atomic mass is 9.85. The van der Waals surface area contributed by atoms with E-state index >= 15 is 0 Å². The van der Waals surface area contributed by atoms with Crippen LogP contribution in [0.5, 0.6) is 0 Å². The monoisotopic (exact) mass is 702 g/mol. The van der Waals surface area contributed by atoms with Crippen molar-refractivity contribution in [3.63, 3.8) is 0 Å². The van der Waals surface area contributed by atoms with Gasteiger partial charge < -0.3 is 9.47 Å². The highest BCUT2D eigenvalue weighted by atomic mass is 15.1. The number of para-hydroxylation sites is 1. The largest absolute Gasteiger partial charge is 0.310 e. The minimum atomic E-state index is 0.0528. The number of hydrogen-bond donors (Lipinski definition) is 0. The second-order valence-electron chi connectivity index (χ2n) is 18.4. The minimum absolute atomic E-state index is 0.0528. The SMILES string of the molecule is CC(C)(C)c1ccc(N(c2ccccc2)c2ccc3ccc4c(-n5c6ccc(C(C)(C)C)cc6c6cc(C(C)(C)C)ccc65)ccc5ccc2c3c54)cc1. The summed E-state index contributed by atoms with van der Waals surface area (Å²) in [6, 6.07) is 52.8. The number of nitrogens with zero attached hydrogens (tertiary/aromatic N) is 2. The van der Waals surface area contributed by atoms with Gasteiger partial charge in [0.05, 0.1) is 22.4 Å². The standard InChI is InChI=1S/C52H50N2/c1-50(2,3)35-19-23-39(24-20-35)53(38-13-11-10-12-14-38)44-27-17-33-16-26-41-45(28-18-34-15-25-40(44)48(33)49(34)41)54-46-29-21-36(51(4,5)6)31-42(46)43-32-37(52(7,8)9)22-30-47(43)54/h10-32H,1-9H3. The van der Waals surface area contributed by atoms with Crippen molar-refractivity contribution in [1.29, 1.82) is 0 Å². The fourth-order valence-electron chi connectivity index (χ4n) is 8.49. The van der Waals surface area contributed by atoms with Crippen LogP contribution < -0.4 is 4.90 Å². The summed E-state index contributed by atoms with van der Waals surface area (Å²) in [5.74, 6) is 0. The van der Waals surface area contributed by atoms with Gasteiger partial charge in [0.15, 0.2) is 0 Å². The Morgan fingerprint density at radius 3 is 1.41 bits per heavy atom. The Bertz CT molecular complexity index is 2780. The van der Waals surface area contributed by atoms with Crippen molar-refractivity contribution in [3.05, 3.63) is 156 Å². The molecule has 2 nitrogen and oxygen atoms in total.